The zero-order valence-electron chi connectivity index (χ0n) is 6.20. The first-order valence-corrected chi connectivity index (χ1v) is 3.07. The summed E-state index contributed by atoms with van der Waals surface area (Å²) in [4.78, 5) is 10.2. The Morgan fingerprint density at radius 1 is 1.80 bits per heavy atom. The number of methoxy groups -OCH3 is 1. The van der Waals surface area contributed by atoms with Crippen LogP contribution in [0.15, 0.2) is 12.2 Å². The van der Waals surface area contributed by atoms with Crippen LogP contribution in [0, 0.1) is 5.92 Å². The van der Waals surface area contributed by atoms with Crippen LogP contribution in [0.4, 0.5) is 0 Å². The number of hydrogen-bond acceptors (Lipinski definition) is 2. The maximum Gasteiger partial charge on any atom is 0.310 e. The third kappa shape index (κ3) is 4.09. The lowest BCUT2D eigenvalue weighted by molar-refractivity contribution is -0.139. The van der Waals surface area contributed by atoms with E-state index in [9.17, 15) is 4.79 Å². The van der Waals surface area contributed by atoms with Crippen LogP contribution in [0.2, 0.25) is 0 Å². The van der Waals surface area contributed by atoms with Crippen molar-refractivity contribution in [3.05, 3.63) is 12.2 Å². The molecule has 0 aliphatic heterocycles. The van der Waals surface area contributed by atoms with E-state index in [1.807, 2.05) is 0 Å². The normalized spacial score (nSPS) is 13.8. The van der Waals surface area contributed by atoms with Gasteiger partial charge >= 0.3 is 5.97 Å². The van der Waals surface area contributed by atoms with Crippen LogP contribution in [0.25, 0.3) is 0 Å². The summed E-state index contributed by atoms with van der Waals surface area (Å²) in [5.41, 5.74) is 0. The van der Waals surface area contributed by atoms with Crippen molar-refractivity contribution in [1.29, 1.82) is 0 Å². The van der Waals surface area contributed by atoms with Crippen molar-refractivity contribution >= 4 is 5.97 Å². The zero-order chi connectivity index (χ0) is 7.98. The minimum Gasteiger partial charge on any atom is -0.481 e. The van der Waals surface area contributed by atoms with Crippen LogP contribution >= 0.6 is 0 Å². The van der Waals surface area contributed by atoms with E-state index in [2.05, 4.69) is 0 Å². The monoisotopic (exact) mass is 144 g/mol. The van der Waals surface area contributed by atoms with Gasteiger partial charge in [0.25, 0.3) is 0 Å². The van der Waals surface area contributed by atoms with Gasteiger partial charge in [-0.25, -0.2) is 0 Å². The summed E-state index contributed by atoms with van der Waals surface area (Å²) in [6.45, 7) is 2.09. The highest BCUT2D eigenvalue weighted by atomic mass is 16.5. The van der Waals surface area contributed by atoms with Gasteiger partial charge in [-0.05, 0) is 6.92 Å². The highest BCUT2D eigenvalue weighted by molar-refractivity contribution is 5.71. The molecule has 1 unspecified atom stereocenters. The van der Waals surface area contributed by atoms with Gasteiger partial charge in [-0.3, -0.25) is 4.79 Å². The van der Waals surface area contributed by atoms with Crippen molar-refractivity contribution in [2.75, 3.05) is 13.7 Å². The molecule has 0 heterocycles. The molecule has 3 heteroatoms. The standard InChI is InChI=1S/C7H12O3/c1-6(7(8)9)4-3-5-10-2/h3-4,6H,5H2,1-2H3,(H,8,9). The third-order valence-electron chi connectivity index (χ3n) is 1.08. The molecule has 0 saturated carbocycles. The first-order valence-electron chi connectivity index (χ1n) is 3.07. The van der Waals surface area contributed by atoms with Gasteiger partial charge in [0.1, 0.15) is 0 Å². The van der Waals surface area contributed by atoms with Crippen molar-refractivity contribution < 1.29 is 14.6 Å². The molecule has 0 aliphatic rings. The summed E-state index contributed by atoms with van der Waals surface area (Å²) < 4.78 is 4.69. The van der Waals surface area contributed by atoms with E-state index >= 15 is 0 Å². The molecule has 1 atom stereocenters. The van der Waals surface area contributed by atoms with Crippen LogP contribution in [0.1, 0.15) is 6.92 Å². The number of rotatable bonds is 4. The average Bonchev–Trinajstić information content (AvgIpc) is 1.88. The average molecular weight is 144 g/mol. The smallest absolute Gasteiger partial charge is 0.310 e. The van der Waals surface area contributed by atoms with Crippen LogP contribution in [0.3, 0.4) is 0 Å². The van der Waals surface area contributed by atoms with Crippen LogP contribution in [0.5, 0.6) is 0 Å². The molecule has 10 heavy (non-hydrogen) atoms. The Morgan fingerprint density at radius 2 is 2.40 bits per heavy atom. The van der Waals surface area contributed by atoms with Gasteiger partial charge in [-0.2, -0.15) is 0 Å². The SMILES string of the molecule is COCC=CC(C)C(=O)O. The Morgan fingerprint density at radius 3 is 2.80 bits per heavy atom. The second-order valence-corrected chi connectivity index (χ2v) is 2.01. The molecule has 0 bridgehead atoms. The lowest BCUT2D eigenvalue weighted by Crippen LogP contribution is -2.05. The fourth-order valence-electron chi connectivity index (χ4n) is 0.438. The summed E-state index contributed by atoms with van der Waals surface area (Å²) in [6, 6.07) is 0. The second-order valence-electron chi connectivity index (χ2n) is 2.01. The Labute approximate surface area is 60.3 Å². The fraction of sp³-hybridized carbons (Fsp3) is 0.571. The molecular weight excluding hydrogens is 132 g/mol. The minimum atomic E-state index is -0.813. The summed E-state index contributed by atoms with van der Waals surface area (Å²) in [6.07, 6.45) is 3.30. The lowest BCUT2D eigenvalue weighted by atomic mass is 10.2. The van der Waals surface area contributed by atoms with Crippen molar-refractivity contribution in [2.24, 2.45) is 5.92 Å². The Bertz CT molecular complexity index is 129. The van der Waals surface area contributed by atoms with E-state index < -0.39 is 11.9 Å². The predicted octanol–water partition coefficient (Wildman–Crippen LogP) is 0.910. The zero-order valence-corrected chi connectivity index (χ0v) is 6.20. The Balaban J connectivity index is 3.55. The van der Waals surface area contributed by atoms with Gasteiger partial charge in [0, 0.05) is 7.11 Å². The fourth-order valence-corrected chi connectivity index (χ4v) is 0.438. The van der Waals surface area contributed by atoms with E-state index in [1.54, 1.807) is 26.2 Å². The maximum absolute atomic E-state index is 10.2. The van der Waals surface area contributed by atoms with Gasteiger partial charge < -0.3 is 9.84 Å². The number of ether oxygens (including phenoxy) is 1. The molecule has 0 spiro atoms. The van der Waals surface area contributed by atoms with Crippen molar-refractivity contribution in [1.82, 2.24) is 0 Å². The van der Waals surface area contributed by atoms with Crippen LogP contribution in [-0.2, 0) is 9.53 Å². The molecule has 0 aromatic rings. The van der Waals surface area contributed by atoms with E-state index in [0.717, 1.165) is 0 Å². The highest BCUT2D eigenvalue weighted by Gasteiger charge is 2.03. The molecule has 1 N–H and O–H groups in total. The molecule has 0 rings (SSSR count). The Hall–Kier alpha value is -0.830. The topological polar surface area (TPSA) is 46.5 Å². The number of carbonyl (C=O) groups is 1. The van der Waals surface area contributed by atoms with Crippen molar-refractivity contribution in [3.8, 4) is 0 Å². The minimum absolute atomic E-state index is 0.421. The number of hydrogen-bond donors (Lipinski definition) is 1. The lowest BCUT2D eigenvalue weighted by Gasteiger charge is -1.95. The quantitative estimate of drug-likeness (QED) is 0.596. The van der Waals surface area contributed by atoms with Gasteiger partial charge in [0.15, 0.2) is 0 Å². The third-order valence-corrected chi connectivity index (χ3v) is 1.08. The van der Waals surface area contributed by atoms with Gasteiger partial charge in [0.05, 0.1) is 12.5 Å². The first kappa shape index (κ1) is 9.17. The second kappa shape index (κ2) is 4.99. The molecule has 3 nitrogen and oxygen atoms in total. The molecule has 0 aromatic carbocycles. The first-order chi connectivity index (χ1) is 4.68. The summed E-state index contributed by atoms with van der Waals surface area (Å²) in [7, 11) is 1.57. The maximum atomic E-state index is 10.2. The van der Waals surface area contributed by atoms with E-state index in [0.29, 0.717) is 6.61 Å². The van der Waals surface area contributed by atoms with Crippen LogP contribution < -0.4 is 0 Å². The summed E-state index contributed by atoms with van der Waals surface area (Å²) in [5, 5.41) is 8.39. The van der Waals surface area contributed by atoms with Gasteiger partial charge in [0.2, 0.25) is 0 Å². The number of carboxylic acids is 1. The van der Waals surface area contributed by atoms with E-state index in [1.165, 1.54) is 0 Å². The van der Waals surface area contributed by atoms with E-state index in [-0.39, 0.29) is 0 Å². The highest BCUT2D eigenvalue weighted by Crippen LogP contribution is 1.95. The Kier molecular flexibility index (Phi) is 4.58. The number of aliphatic carboxylic acids is 1. The molecule has 0 saturated heterocycles. The molecule has 0 radical (unpaired) electrons. The molecule has 0 aromatic heterocycles. The molecule has 0 fully saturated rings. The number of carboxylic acid groups (broad SMARTS) is 1. The van der Waals surface area contributed by atoms with Crippen molar-refractivity contribution in [2.45, 2.75) is 6.92 Å². The molecule has 0 amide bonds. The van der Waals surface area contributed by atoms with Crippen LogP contribution in [-0.4, -0.2) is 24.8 Å². The molecule has 0 aliphatic carbocycles. The molecular formula is C7H12O3. The largest absolute Gasteiger partial charge is 0.481 e. The molecule has 58 valence electrons. The van der Waals surface area contributed by atoms with Gasteiger partial charge in [-0.15, -0.1) is 0 Å². The predicted molar refractivity (Wildman–Crippen MR) is 37.8 cm³/mol. The van der Waals surface area contributed by atoms with E-state index in [4.69, 9.17) is 9.84 Å². The van der Waals surface area contributed by atoms with Gasteiger partial charge in [-0.1, -0.05) is 12.2 Å². The summed E-state index contributed by atoms with van der Waals surface area (Å²) >= 11 is 0. The summed E-state index contributed by atoms with van der Waals surface area (Å²) in [5.74, 6) is -1.23. The van der Waals surface area contributed by atoms with Crippen molar-refractivity contribution in [3.63, 3.8) is 0 Å².